The summed E-state index contributed by atoms with van der Waals surface area (Å²) in [5.74, 6) is -1.66. The summed E-state index contributed by atoms with van der Waals surface area (Å²) < 4.78 is 5.02. The molecule has 7 nitrogen and oxygen atoms in total. The molecule has 1 atom stereocenters. The molecule has 0 aromatic heterocycles. The van der Waals surface area contributed by atoms with E-state index in [4.69, 9.17) is 10.00 Å². The predicted molar refractivity (Wildman–Crippen MR) is 66.7 cm³/mol. The standard InChI is InChI=1S/C12H13N3O4/c1-14(2)12(16)8(7-13)11-9(15(17)18)5-4-6-10(11)19-3/h4-6,8H,1-3H3. The lowest BCUT2D eigenvalue weighted by Gasteiger charge is -2.17. The van der Waals surface area contributed by atoms with Crippen LogP contribution in [0.3, 0.4) is 0 Å². The molecule has 0 bridgehead atoms. The van der Waals surface area contributed by atoms with E-state index in [9.17, 15) is 14.9 Å². The molecule has 1 aromatic rings. The molecule has 0 aliphatic heterocycles. The molecule has 7 heteroatoms. The summed E-state index contributed by atoms with van der Waals surface area (Å²) in [6.07, 6.45) is 0. The molecule has 0 aliphatic rings. The molecule has 0 fully saturated rings. The van der Waals surface area contributed by atoms with Gasteiger partial charge in [0.25, 0.3) is 5.69 Å². The Morgan fingerprint density at radius 1 is 1.53 bits per heavy atom. The van der Waals surface area contributed by atoms with Gasteiger partial charge in [0.05, 0.1) is 23.7 Å². The fourth-order valence-electron chi connectivity index (χ4n) is 1.66. The van der Waals surface area contributed by atoms with Crippen LogP contribution in [0, 0.1) is 21.4 Å². The Balaban J connectivity index is 3.49. The van der Waals surface area contributed by atoms with Gasteiger partial charge in [-0.2, -0.15) is 5.26 Å². The van der Waals surface area contributed by atoms with Crippen molar-refractivity contribution in [1.29, 1.82) is 5.26 Å². The summed E-state index contributed by atoms with van der Waals surface area (Å²) in [7, 11) is 4.29. The van der Waals surface area contributed by atoms with Crippen LogP contribution in [0.1, 0.15) is 11.5 Å². The zero-order valence-electron chi connectivity index (χ0n) is 10.8. The predicted octanol–water partition coefficient (Wildman–Crippen LogP) is 1.30. The maximum absolute atomic E-state index is 11.9. The van der Waals surface area contributed by atoms with E-state index in [0.29, 0.717) is 0 Å². The van der Waals surface area contributed by atoms with Crippen LogP contribution < -0.4 is 4.74 Å². The van der Waals surface area contributed by atoms with E-state index >= 15 is 0 Å². The van der Waals surface area contributed by atoms with Crippen molar-refractivity contribution in [3.8, 4) is 11.8 Å². The Hall–Kier alpha value is -2.62. The van der Waals surface area contributed by atoms with Gasteiger partial charge in [-0.15, -0.1) is 0 Å². The van der Waals surface area contributed by atoms with Crippen molar-refractivity contribution in [3.05, 3.63) is 33.9 Å². The van der Waals surface area contributed by atoms with Crippen LogP contribution in [0.4, 0.5) is 5.69 Å². The average Bonchev–Trinajstić information content (AvgIpc) is 2.39. The van der Waals surface area contributed by atoms with Crippen molar-refractivity contribution < 1.29 is 14.5 Å². The molecule has 0 N–H and O–H groups in total. The molecule has 0 radical (unpaired) electrons. The van der Waals surface area contributed by atoms with Crippen LogP contribution in [0.5, 0.6) is 5.75 Å². The van der Waals surface area contributed by atoms with Crippen LogP contribution in [-0.4, -0.2) is 36.9 Å². The van der Waals surface area contributed by atoms with Gasteiger partial charge in [0.2, 0.25) is 5.91 Å². The van der Waals surface area contributed by atoms with E-state index in [1.165, 1.54) is 44.3 Å². The number of likely N-dealkylation sites (N-methyl/N-ethyl adjacent to an activating group) is 1. The summed E-state index contributed by atoms with van der Waals surface area (Å²) in [6.45, 7) is 0. The van der Waals surface area contributed by atoms with Gasteiger partial charge >= 0.3 is 0 Å². The molecule has 1 aromatic carbocycles. The second kappa shape index (κ2) is 5.82. The number of rotatable bonds is 4. The van der Waals surface area contributed by atoms with Gasteiger partial charge in [-0.25, -0.2) is 0 Å². The number of hydrogen-bond acceptors (Lipinski definition) is 5. The highest BCUT2D eigenvalue weighted by Crippen LogP contribution is 2.35. The Morgan fingerprint density at radius 3 is 2.58 bits per heavy atom. The topological polar surface area (TPSA) is 96.5 Å². The highest BCUT2D eigenvalue weighted by Gasteiger charge is 2.32. The average molecular weight is 263 g/mol. The molecule has 100 valence electrons. The Labute approximate surface area is 110 Å². The van der Waals surface area contributed by atoms with Gasteiger partial charge in [0, 0.05) is 20.2 Å². The molecule has 0 saturated carbocycles. The molecule has 19 heavy (non-hydrogen) atoms. The van der Waals surface area contributed by atoms with Crippen LogP contribution in [0.2, 0.25) is 0 Å². The largest absolute Gasteiger partial charge is 0.496 e. The normalized spacial score (nSPS) is 11.3. The summed E-state index contributed by atoms with van der Waals surface area (Å²) >= 11 is 0. The number of carbonyl (C=O) groups is 1. The number of nitriles is 1. The summed E-state index contributed by atoms with van der Waals surface area (Å²) in [4.78, 5) is 23.5. The third kappa shape index (κ3) is 2.80. The van der Waals surface area contributed by atoms with Crippen molar-refractivity contribution in [3.63, 3.8) is 0 Å². The van der Waals surface area contributed by atoms with Gasteiger partial charge in [-0.1, -0.05) is 6.07 Å². The van der Waals surface area contributed by atoms with Gasteiger partial charge in [0.15, 0.2) is 5.92 Å². The van der Waals surface area contributed by atoms with Crippen LogP contribution in [0.15, 0.2) is 18.2 Å². The molecule has 1 amide bonds. The maximum Gasteiger partial charge on any atom is 0.278 e. The number of carbonyl (C=O) groups excluding carboxylic acids is 1. The molecular weight excluding hydrogens is 250 g/mol. The highest BCUT2D eigenvalue weighted by molar-refractivity contribution is 5.88. The third-order valence-corrected chi connectivity index (χ3v) is 2.57. The first-order valence-electron chi connectivity index (χ1n) is 5.36. The van der Waals surface area contributed by atoms with Crippen molar-refractivity contribution >= 4 is 11.6 Å². The zero-order valence-corrected chi connectivity index (χ0v) is 10.8. The quantitative estimate of drug-likeness (QED) is 0.602. The minimum atomic E-state index is -1.27. The molecule has 0 saturated heterocycles. The van der Waals surface area contributed by atoms with Crippen LogP contribution >= 0.6 is 0 Å². The van der Waals surface area contributed by atoms with Crippen molar-refractivity contribution in [2.75, 3.05) is 21.2 Å². The third-order valence-electron chi connectivity index (χ3n) is 2.57. The summed E-state index contributed by atoms with van der Waals surface area (Å²) in [5.41, 5.74) is -0.322. The van der Waals surface area contributed by atoms with Crippen molar-refractivity contribution in [1.82, 2.24) is 4.90 Å². The minimum Gasteiger partial charge on any atom is -0.496 e. The van der Waals surface area contributed by atoms with Gasteiger partial charge in [0.1, 0.15) is 5.75 Å². The van der Waals surface area contributed by atoms with Crippen LogP contribution in [0.25, 0.3) is 0 Å². The van der Waals surface area contributed by atoms with E-state index in [1.54, 1.807) is 6.07 Å². The van der Waals surface area contributed by atoms with E-state index in [0.717, 1.165) is 0 Å². The van der Waals surface area contributed by atoms with Gasteiger partial charge in [-0.05, 0) is 6.07 Å². The van der Waals surface area contributed by atoms with Crippen molar-refractivity contribution in [2.45, 2.75) is 5.92 Å². The summed E-state index contributed by atoms with van der Waals surface area (Å²) in [6, 6.07) is 5.96. The number of nitrogens with zero attached hydrogens (tertiary/aromatic N) is 3. The van der Waals surface area contributed by atoms with E-state index in [2.05, 4.69) is 0 Å². The first kappa shape index (κ1) is 14.4. The van der Waals surface area contributed by atoms with Crippen LogP contribution in [-0.2, 0) is 4.79 Å². The molecular formula is C12H13N3O4. The Bertz CT molecular complexity index is 548. The lowest BCUT2D eigenvalue weighted by Crippen LogP contribution is -2.28. The fourth-order valence-corrected chi connectivity index (χ4v) is 1.66. The fraction of sp³-hybridized carbons (Fsp3) is 0.333. The van der Waals surface area contributed by atoms with E-state index in [1.807, 2.05) is 0 Å². The lowest BCUT2D eigenvalue weighted by molar-refractivity contribution is -0.385. The van der Waals surface area contributed by atoms with E-state index < -0.39 is 16.7 Å². The second-order valence-electron chi connectivity index (χ2n) is 3.94. The van der Waals surface area contributed by atoms with E-state index in [-0.39, 0.29) is 17.0 Å². The number of benzene rings is 1. The molecule has 1 unspecified atom stereocenters. The highest BCUT2D eigenvalue weighted by atomic mass is 16.6. The number of hydrogen-bond donors (Lipinski definition) is 0. The number of amides is 1. The Morgan fingerprint density at radius 2 is 2.16 bits per heavy atom. The van der Waals surface area contributed by atoms with Gasteiger partial charge < -0.3 is 9.64 Å². The first-order chi connectivity index (χ1) is 8.93. The SMILES string of the molecule is COc1cccc([N+](=O)[O-])c1C(C#N)C(=O)N(C)C. The minimum absolute atomic E-state index is 0.0174. The molecule has 0 aliphatic carbocycles. The zero-order chi connectivity index (χ0) is 14.6. The first-order valence-corrected chi connectivity index (χ1v) is 5.36. The Kier molecular flexibility index (Phi) is 4.42. The smallest absolute Gasteiger partial charge is 0.278 e. The molecule has 0 heterocycles. The second-order valence-corrected chi connectivity index (χ2v) is 3.94. The van der Waals surface area contributed by atoms with Gasteiger partial charge in [-0.3, -0.25) is 14.9 Å². The lowest BCUT2D eigenvalue weighted by atomic mass is 9.96. The molecule has 0 spiro atoms. The number of methoxy groups -OCH3 is 1. The van der Waals surface area contributed by atoms with Crippen molar-refractivity contribution in [2.24, 2.45) is 0 Å². The summed E-state index contributed by atoms with van der Waals surface area (Å²) in [5, 5.41) is 20.2. The monoisotopic (exact) mass is 263 g/mol. The number of nitro groups is 1. The number of ether oxygens (including phenoxy) is 1. The molecule has 1 rings (SSSR count). The number of nitro benzene ring substituents is 1. The maximum atomic E-state index is 11.9.